The molecule has 70 valence electrons. The van der Waals surface area contributed by atoms with Crippen molar-refractivity contribution in [3.63, 3.8) is 0 Å². The molecule has 0 rings (SSSR count). The predicted molar refractivity (Wildman–Crippen MR) is 44.3 cm³/mol. The predicted octanol–water partition coefficient (Wildman–Crippen LogP) is -2.19. The van der Waals surface area contributed by atoms with Crippen molar-refractivity contribution in [1.29, 1.82) is 0 Å². The maximum Gasteiger partial charge on any atom is 0.108 e. The van der Waals surface area contributed by atoms with Crippen LogP contribution in [-0.2, 0) is 4.79 Å². The Labute approximate surface area is 89.7 Å². The zero-order valence-electron chi connectivity index (χ0n) is 7.70. The van der Waals surface area contributed by atoms with Gasteiger partial charge in [0.25, 0.3) is 0 Å². The number of hydrogen-bond donors (Lipinski definition) is 1. The van der Waals surface area contributed by atoms with Crippen LogP contribution >= 0.6 is 0 Å². The summed E-state index contributed by atoms with van der Waals surface area (Å²) in [6.45, 7) is 0.425. The largest absolute Gasteiger partial charge is 0.550 e. The van der Waals surface area contributed by atoms with Crippen LogP contribution in [0.1, 0.15) is 6.42 Å². The molecule has 0 aromatic carbocycles. The molecular weight excluding hydrogens is 265 g/mol. The van der Waals surface area contributed by atoms with Crippen molar-refractivity contribution in [2.75, 3.05) is 27.7 Å². The van der Waals surface area contributed by atoms with Crippen LogP contribution in [0.25, 0.3) is 0 Å². The Morgan fingerprint density at radius 1 is 1.50 bits per heavy atom. The van der Waals surface area contributed by atoms with Crippen LogP contribution in [0.5, 0.6) is 0 Å². The van der Waals surface area contributed by atoms with Crippen molar-refractivity contribution in [1.82, 2.24) is 0 Å². The second kappa shape index (κ2) is 5.77. The van der Waals surface area contributed by atoms with Crippen LogP contribution in [0.3, 0.4) is 0 Å². The van der Waals surface area contributed by atoms with Gasteiger partial charge in [-0.3, -0.25) is 0 Å². The van der Waals surface area contributed by atoms with Gasteiger partial charge in [0.15, 0.2) is 0 Å². The molecular formula is C7H15NO3Sn. The van der Waals surface area contributed by atoms with E-state index in [1.807, 2.05) is 21.1 Å². The van der Waals surface area contributed by atoms with E-state index in [1.54, 1.807) is 0 Å². The number of aliphatic hydroxyl groups is 1. The molecule has 0 aliphatic heterocycles. The molecule has 0 heterocycles. The van der Waals surface area contributed by atoms with Crippen molar-refractivity contribution in [2.24, 2.45) is 0 Å². The Morgan fingerprint density at radius 2 is 1.92 bits per heavy atom. The molecule has 0 fully saturated rings. The zero-order chi connectivity index (χ0) is 9.07. The summed E-state index contributed by atoms with van der Waals surface area (Å²) in [6, 6.07) is 0. The van der Waals surface area contributed by atoms with Crippen molar-refractivity contribution < 1.29 is 19.5 Å². The molecule has 0 aromatic rings. The molecule has 0 amide bonds. The number of nitrogens with zero attached hydrogens (tertiary/aromatic N) is 1. The maximum atomic E-state index is 10.0. The van der Waals surface area contributed by atoms with Gasteiger partial charge < -0.3 is 19.5 Å². The maximum absolute atomic E-state index is 10.0. The molecule has 1 atom stereocenters. The minimum atomic E-state index is -1.20. The van der Waals surface area contributed by atoms with Gasteiger partial charge in [-0.05, 0) is 0 Å². The molecule has 12 heavy (non-hydrogen) atoms. The van der Waals surface area contributed by atoms with E-state index < -0.39 is 12.1 Å². The molecule has 0 bridgehead atoms. The standard InChI is InChI=1S/C7H15NO3.Sn/c1-8(2,3)5-6(9)4-7(10)11;/h6,9H,4-5H2,1-3H3;/t6-;/m1./s1. The number of carboxylic acid groups (broad SMARTS) is 1. The first-order chi connectivity index (χ1) is 4.81. The van der Waals surface area contributed by atoms with Gasteiger partial charge in [-0.15, -0.1) is 0 Å². The molecule has 0 aromatic heterocycles. The summed E-state index contributed by atoms with van der Waals surface area (Å²) in [5.74, 6) is -1.20. The van der Waals surface area contributed by atoms with E-state index in [9.17, 15) is 9.90 Å². The summed E-state index contributed by atoms with van der Waals surface area (Å²) in [4.78, 5) is 10.0. The fraction of sp³-hybridized carbons (Fsp3) is 0.857. The van der Waals surface area contributed by atoms with E-state index in [-0.39, 0.29) is 30.3 Å². The van der Waals surface area contributed by atoms with Crippen molar-refractivity contribution >= 4 is 29.9 Å². The third-order valence-corrected chi connectivity index (χ3v) is 1.16. The van der Waals surface area contributed by atoms with Gasteiger partial charge in [-0.1, -0.05) is 0 Å². The smallest absolute Gasteiger partial charge is 0.108 e. The van der Waals surface area contributed by atoms with Crippen LogP contribution in [0.4, 0.5) is 0 Å². The number of hydrogen-bond acceptors (Lipinski definition) is 3. The van der Waals surface area contributed by atoms with E-state index in [0.717, 1.165) is 0 Å². The molecule has 0 spiro atoms. The van der Waals surface area contributed by atoms with Gasteiger partial charge >= 0.3 is 0 Å². The summed E-state index contributed by atoms with van der Waals surface area (Å²) in [5, 5.41) is 19.1. The number of carbonyl (C=O) groups excluding carboxylic acids is 1. The summed E-state index contributed by atoms with van der Waals surface area (Å²) in [7, 11) is 5.66. The molecule has 0 saturated heterocycles. The molecule has 0 saturated carbocycles. The Hall–Kier alpha value is 0.189. The first-order valence-electron chi connectivity index (χ1n) is 3.49. The number of likely N-dealkylation sites (N-methyl/N-ethyl adjacent to an activating group) is 1. The summed E-state index contributed by atoms with van der Waals surface area (Å²) in [5.41, 5.74) is 0. The van der Waals surface area contributed by atoms with Crippen LogP contribution in [0.2, 0.25) is 0 Å². The third kappa shape index (κ3) is 10.2. The SMILES string of the molecule is C[N+](C)(C)C[C@H](O)CC(=O)[O-].[Sn]. The van der Waals surface area contributed by atoms with Gasteiger partial charge in [0.2, 0.25) is 0 Å². The Morgan fingerprint density at radius 3 is 2.17 bits per heavy atom. The first kappa shape index (κ1) is 14.7. The molecule has 5 heteroatoms. The number of aliphatic carboxylic acids is 1. The molecule has 0 aliphatic carbocycles. The summed E-state index contributed by atoms with van der Waals surface area (Å²) >= 11 is 0. The molecule has 4 nitrogen and oxygen atoms in total. The van der Waals surface area contributed by atoms with Crippen molar-refractivity contribution in [3.05, 3.63) is 0 Å². The second-order valence-electron chi connectivity index (χ2n) is 3.70. The molecule has 0 aliphatic rings. The number of rotatable bonds is 4. The molecule has 4 radical (unpaired) electrons. The van der Waals surface area contributed by atoms with Crippen LogP contribution < -0.4 is 5.11 Å². The normalized spacial score (nSPS) is 13.3. The Kier molecular flexibility index (Phi) is 7.07. The third-order valence-electron chi connectivity index (χ3n) is 1.16. The van der Waals surface area contributed by atoms with Gasteiger partial charge in [0, 0.05) is 36.3 Å². The van der Waals surface area contributed by atoms with Crippen LogP contribution in [0, 0.1) is 0 Å². The Balaban J connectivity index is 0. The van der Waals surface area contributed by atoms with Gasteiger partial charge in [0.05, 0.1) is 21.1 Å². The summed E-state index contributed by atoms with van der Waals surface area (Å²) < 4.78 is 0.550. The monoisotopic (exact) mass is 281 g/mol. The van der Waals surface area contributed by atoms with E-state index in [2.05, 4.69) is 0 Å². The average Bonchev–Trinajstić information content (AvgIpc) is 1.53. The van der Waals surface area contributed by atoms with Crippen molar-refractivity contribution in [2.45, 2.75) is 12.5 Å². The van der Waals surface area contributed by atoms with E-state index in [0.29, 0.717) is 11.0 Å². The Bertz CT molecular complexity index is 144. The first-order valence-corrected chi connectivity index (χ1v) is 3.49. The second-order valence-corrected chi connectivity index (χ2v) is 3.70. The van der Waals surface area contributed by atoms with Gasteiger partial charge in [0.1, 0.15) is 12.6 Å². The van der Waals surface area contributed by atoms with Crippen LogP contribution in [-0.4, -0.2) is 73.3 Å². The number of carboxylic acids is 1. The minimum absolute atomic E-state index is 0. The minimum Gasteiger partial charge on any atom is -0.550 e. The number of aliphatic hydroxyl groups excluding tert-OH is 1. The number of carbonyl (C=O) groups is 1. The van der Waals surface area contributed by atoms with Gasteiger partial charge in [-0.2, -0.15) is 0 Å². The molecule has 0 unspecified atom stereocenters. The fourth-order valence-corrected chi connectivity index (χ4v) is 0.889. The molecule has 1 N–H and O–H groups in total. The average molecular weight is 280 g/mol. The number of quaternary nitrogens is 1. The van der Waals surface area contributed by atoms with E-state index >= 15 is 0 Å². The van der Waals surface area contributed by atoms with Gasteiger partial charge in [-0.25, -0.2) is 0 Å². The quantitative estimate of drug-likeness (QED) is 0.470. The zero-order valence-corrected chi connectivity index (χ0v) is 10.6. The van der Waals surface area contributed by atoms with Crippen molar-refractivity contribution in [3.8, 4) is 0 Å². The fourth-order valence-electron chi connectivity index (χ4n) is 0.889. The summed E-state index contributed by atoms with van der Waals surface area (Å²) in [6.07, 6.45) is -1.09. The topological polar surface area (TPSA) is 60.4 Å². The van der Waals surface area contributed by atoms with E-state index in [1.165, 1.54) is 0 Å². The van der Waals surface area contributed by atoms with Crippen LogP contribution in [0.15, 0.2) is 0 Å². The van der Waals surface area contributed by atoms with E-state index in [4.69, 9.17) is 5.11 Å².